The molecule has 1 fully saturated rings. The average Bonchev–Trinajstić information content (AvgIpc) is 2.75. The van der Waals surface area contributed by atoms with Crippen LogP contribution in [0.1, 0.15) is 19.3 Å². The Morgan fingerprint density at radius 1 is 1.33 bits per heavy atom. The van der Waals surface area contributed by atoms with Gasteiger partial charge in [0, 0.05) is 18.3 Å². The number of imidazole rings is 1. The molecule has 1 atom stereocenters. The topological polar surface area (TPSA) is 57.7 Å². The number of fused-ring (bicyclic) bond motifs is 1. The Balaban J connectivity index is 1.94. The second-order valence-electron chi connectivity index (χ2n) is 4.60. The standard InChI is InChI=1S/C12H17N5S/c1-18-9-4-2-3-5-17(6-9)12-10-11(14-7-13-10)15-8-16-12/h7-9H,2-6H2,1H3,(H,13,14,15,16). The molecular formula is C12H17N5S. The van der Waals surface area contributed by atoms with Crippen LogP contribution in [0, 0.1) is 0 Å². The van der Waals surface area contributed by atoms with E-state index in [2.05, 4.69) is 31.1 Å². The minimum absolute atomic E-state index is 0.695. The van der Waals surface area contributed by atoms with Gasteiger partial charge in [0.15, 0.2) is 11.5 Å². The zero-order chi connectivity index (χ0) is 12.4. The highest BCUT2D eigenvalue weighted by molar-refractivity contribution is 7.99. The summed E-state index contributed by atoms with van der Waals surface area (Å²) >= 11 is 1.95. The molecule has 5 nitrogen and oxygen atoms in total. The maximum absolute atomic E-state index is 4.45. The van der Waals surface area contributed by atoms with Crippen molar-refractivity contribution in [3.63, 3.8) is 0 Å². The van der Waals surface area contributed by atoms with Gasteiger partial charge in [-0.3, -0.25) is 0 Å². The molecule has 6 heteroatoms. The maximum Gasteiger partial charge on any atom is 0.182 e. The molecule has 0 radical (unpaired) electrons. The van der Waals surface area contributed by atoms with Gasteiger partial charge >= 0.3 is 0 Å². The second-order valence-corrected chi connectivity index (χ2v) is 5.74. The largest absolute Gasteiger partial charge is 0.354 e. The van der Waals surface area contributed by atoms with Crippen LogP contribution in [0.3, 0.4) is 0 Å². The average molecular weight is 263 g/mol. The first-order valence-corrected chi connectivity index (χ1v) is 7.59. The van der Waals surface area contributed by atoms with Crippen molar-refractivity contribution in [1.82, 2.24) is 19.9 Å². The Kier molecular flexibility index (Phi) is 3.36. The summed E-state index contributed by atoms with van der Waals surface area (Å²) in [6.07, 6.45) is 9.33. The molecule has 0 aliphatic carbocycles. The highest BCUT2D eigenvalue weighted by Gasteiger charge is 2.20. The summed E-state index contributed by atoms with van der Waals surface area (Å²) in [5.74, 6) is 0.999. The number of rotatable bonds is 2. The van der Waals surface area contributed by atoms with Crippen LogP contribution in [0.5, 0.6) is 0 Å². The molecule has 96 valence electrons. The Labute approximate surface area is 110 Å². The first kappa shape index (κ1) is 11.8. The van der Waals surface area contributed by atoms with Gasteiger partial charge in [0.25, 0.3) is 0 Å². The van der Waals surface area contributed by atoms with Crippen LogP contribution in [0.4, 0.5) is 5.82 Å². The summed E-state index contributed by atoms with van der Waals surface area (Å²) in [7, 11) is 0. The number of nitrogens with one attached hydrogen (secondary N) is 1. The minimum Gasteiger partial charge on any atom is -0.354 e. The predicted octanol–water partition coefficient (Wildman–Crippen LogP) is 2.07. The summed E-state index contributed by atoms with van der Waals surface area (Å²) in [5.41, 5.74) is 1.71. The van der Waals surface area contributed by atoms with E-state index in [0.29, 0.717) is 5.25 Å². The molecule has 3 rings (SSSR count). The fraction of sp³-hybridized carbons (Fsp3) is 0.583. The molecule has 1 N–H and O–H groups in total. The van der Waals surface area contributed by atoms with Crippen molar-refractivity contribution in [3.8, 4) is 0 Å². The zero-order valence-corrected chi connectivity index (χ0v) is 11.3. The summed E-state index contributed by atoms with van der Waals surface area (Å²) < 4.78 is 0. The first-order chi connectivity index (χ1) is 8.88. The quantitative estimate of drug-likeness (QED) is 0.899. The Morgan fingerprint density at radius 2 is 2.28 bits per heavy atom. The number of aromatic nitrogens is 4. The number of nitrogens with zero attached hydrogens (tertiary/aromatic N) is 4. The van der Waals surface area contributed by atoms with E-state index in [4.69, 9.17) is 0 Å². The van der Waals surface area contributed by atoms with Crippen LogP contribution < -0.4 is 4.90 Å². The zero-order valence-electron chi connectivity index (χ0n) is 10.5. The van der Waals surface area contributed by atoms with Crippen LogP contribution >= 0.6 is 11.8 Å². The van der Waals surface area contributed by atoms with Gasteiger partial charge in [0.05, 0.1) is 6.33 Å². The molecule has 0 amide bonds. The van der Waals surface area contributed by atoms with E-state index in [1.165, 1.54) is 19.3 Å². The van der Waals surface area contributed by atoms with E-state index in [0.717, 1.165) is 30.1 Å². The Bertz CT molecular complexity index is 526. The highest BCUT2D eigenvalue weighted by atomic mass is 32.2. The van der Waals surface area contributed by atoms with Crippen molar-refractivity contribution in [1.29, 1.82) is 0 Å². The number of thioether (sulfide) groups is 1. The summed E-state index contributed by atoms with van der Waals surface area (Å²) in [4.78, 5) is 18.3. The summed E-state index contributed by atoms with van der Waals surface area (Å²) in [6, 6.07) is 0. The summed E-state index contributed by atoms with van der Waals surface area (Å²) in [6.45, 7) is 2.13. The van der Waals surface area contributed by atoms with E-state index in [-0.39, 0.29) is 0 Å². The molecular weight excluding hydrogens is 246 g/mol. The molecule has 2 aromatic heterocycles. The van der Waals surface area contributed by atoms with E-state index >= 15 is 0 Å². The number of hydrogen-bond acceptors (Lipinski definition) is 5. The number of hydrogen-bond donors (Lipinski definition) is 1. The Morgan fingerprint density at radius 3 is 3.17 bits per heavy atom. The molecule has 1 unspecified atom stereocenters. The van der Waals surface area contributed by atoms with Gasteiger partial charge in [-0.25, -0.2) is 15.0 Å². The molecule has 0 spiro atoms. The monoisotopic (exact) mass is 263 g/mol. The fourth-order valence-corrected chi connectivity index (χ4v) is 3.21. The maximum atomic E-state index is 4.45. The van der Waals surface area contributed by atoms with Crippen molar-refractivity contribution < 1.29 is 0 Å². The molecule has 0 bridgehead atoms. The van der Waals surface area contributed by atoms with Crippen molar-refractivity contribution in [2.75, 3.05) is 24.2 Å². The molecule has 1 saturated heterocycles. The van der Waals surface area contributed by atoms with Gasteiger partial charge in [-0.1, -0.05) is 6.42 Å². The molecule has 2 aromatic rings. The van der Waals surface area contributed by atoms with Crippen LogP contribution in [-0.2, 0) is 0 Å². The van der Waals surface area contributed by atoms with E-state index in [9.17, 15) is 0 Å². The Hall–Kier alpha value is -1.30. The smallest absolute Gasteiger partial charge is 0.182 e. The lowest BCUT2D eigenvalue weighted by atomic mass is 10.2. The van der Waals surface area contributed by atoms with Gasteiger partial charge in [0.2, 0.25) is 0 Å². The minimum atomic E-state index is 0.695. The normalized spacial score (nSPS) is 21.2. The molecule has 3 heterocycles. The van der Waals surface area contributed by atoms with Crippen LogP contribution in [0.25, 0.3) is 11.2 Å². The van der Waals surface area contributed by atoms with Gasteiger partial charge in [-0.15, -0.1) is 0 Å². The van der Waals surface area contributed by atoms with Gasteiger partial charge in [-0.2, -0.15) is 11.8 Å². The lowest BCUT2D eigenvalue weighted by Gasteiger charge is -2.24. The third-order valence-electron chi connectivity index (χ3n) is 3.46. The third kappa shape index (κ3) is 2.16. The van der Waals surface area contributed by atoms with Crippen molar-refractivity contribution in [2.24, 2.45) is 0 Å². The first-order valence-electron chi connectivity index (χ1n) is 6.30. The molecule has 0 saturated carbocycles. The third-order valence-corrected chi connectivity index (χ3v) is 4.52. The van der Waals surface area contributed by atoms with Crippen LogP contribution in [0.2, 0.25) is 0 Å². The van der Waals surface area contributed by atoms with E-state index < -0.39 is 0 Å². The van der Waals surface area contributed by atoms with Crippen LogP contribution in [-0.4, -0.2) is 44.5 Å². The molecule has 18 heavy (non-hydrogen) atoms. The summed E-state index contributed by atoms with van der Waals surface area (Å²) in [5, 5.41) is 0.695. The van der Waals surface area contributed by atoms with E-state index in [1.807, 2.05) is 11.8 Å². The molecule has 0 aromatic carbocycles. The van der Waals surface area contributed by atoms with Crippen molar-refractivity contribution in [3.05, 3.63) is 12.7 Å². The highest BCUT2D eigenvalue weighted by Crippen LogP contribution is 2.26. The lowest BCUT2D eigenvalue weighted by Crippen LogP contribution is -2.30. The second kappa shape index (κ2) is 5.14. The number of aromatic amines is 1. The fourth-order valence-electron chi connectivity index (χ4n) is 2.48. The lowest BCUT2D eigenvalue weighted by molar-refractivity contribution is 0.736. The van der Waals surface area contributed by atoms with Crippen LogP contribution in [0.15, 0.2) is 12.7 Å². The predicted molar refractivity (Wildman–Crippen MR) is 75.1 cm³/mol. The molecule has 1 aliphatic rings. The molecule has 1 aliphatic heterocycles. The van der Waals surface area contributed by atoms with Crippen molar-refractivity contribution in [2.45, 2.75) is 24.5 Å². The SMILES string of the molecule is CSC1CCCCN(c2ncnc3nc[nH]c23)C1. The van der Waals surface area contributed by atoms with Gasteiger partial charge < -0.3 is 9.88 Å². The van der Waals surface area contributed by atoms with E-state index in [1.54, 1.807) is 12.7 Å². The van der Waals surface area contributed by atoms with Crippen molar-refractivity contribution >= 4 is 28.7 Å². The van der Waals surface area contributed by atoms with Gasteiger partial charge in [0.1, 0.15) is 11.8 Å². The number of H-pyrrole nitrogens is 1. The number of anilines is 1. The van der Waals surface area contributed by atoms with Gasteiger partial charge in [-0.05, 0) is 19.1 Å².